The van der Waals surface area contributed by atoms with Crippen LogP contribution in [0.2, 0.25) is 0 Å². The summed E-state index contributed by atoms with van der Waals surface area (Å²) in [5.41, 5.74) is -0.954. The maximum atomic E-state index is 14.4. The van der Waals surface area contributed by atoms with Gasteiger partial charge in [0.1, 0.15) is 22.7 Å². The van der Waals surface area contributed by atoms with E-state index in [0.717, 1.165) is 6.39 Å². The molecule has 5 heterocycles. The zero-order chi connectivity index (χ0) is 24.1. The summed E-state index contributed by atoms with van der Waals surface area (Å²) in [7, 11) is 1.51. The third kappa shape index (κ3) is 3.55. The number of fused-ring (bicyclic) bond motifs is 3. The van der Waals surface area contributed by atoms with Crippen molar-refractivity contribution in [1.29, 1.82) is 0 Å². The van der Waals surface area contributed by atoms with Crippen LogP contribution in [0.4, 0.5) is 22.0 Å². The predicted octanol–water partition coefficient (Wildman–Crippen LogP) is 4.10. The molecule has 34 heavy (non-hydrogen) atoms. The molecule has 0 N–H and O–H groups in total. The average Bonchev–Trinajstić information content (AvgIpc) is 3.56. The Morgan fingerprint density at radius 3 is 2.59 bits per heavy atom. The van der Waals surface area contributed by atoms with Gasteiger partial charge in [-0.15, -0.1) is 10.2 Å². The smallest absolute Gasteiger partial charge is 0.422 e. The molecule has 0 atom stereocenters. The molecule has 0 radical (unpaired) electrons. The van der Waals surface area contributed by atoms with Crippen LogP contribution in [0.1, 0.15) is 5.69 Å². The second-order valence-corrected chi connectivity index (χ2v) is 7.25. The number of hydrogen-bond donors (Lipinski definition) is 0. The summed E-state index contributed by atoms with van der Waals surface area (Å²) in [6, 6.07) is 5.32. The van der Waals surface area contributed by atoms with E-state index in [1.54, 1.807) is 12.3 Å². The first kappa shape index (κ1) is 21.9. The highest BCUT2D eigenvalue weighted by Gasteiger charge is 2.60. The molecule has 0 aliphatic heterocycles. The number of halogens is 5. The van der Waals surface area contributed by atoms with Gasteiger partial charge in [-0.3, -0.25) is 9.08 Å². The summed E-state index contributed by atoms with van der Waals surface area (Å²) in [5.74, 6) is -5.15. The third-order valence-corrected chi connectivity index (χ3v) is 5.10. The van der Waals surface area contributed by atoms with Crippen LogP contribution >= 0.6 is 0 Å². The average molecular weight is 479 g/mol. The Morgan fingerprint density at radius 2 is 1.88 bits per heavy atom. The third-order valence-electron chi connectivity index (χ3n) is 5.10. The Balaban J connectivity index is 1.77. The molecule has 0 aliphatic rings. The van der Waals surface area contributed by atoms with Crippen molar-refractivity contribution in [2.45, 2.75) is 18.6 Å². The summed E-state index contributed by atoms with van der Waals surface area (Å²) in [6.07, 6.45) is -1.82. The van der Waals surface area contributed by atoms with Gasteiger partial charge in [-0.2, -0.15) is 27.1 Å². The number of pyridine rings is 2. The minimum atomic E-state index is -5.85. The first-order valence-electron chi connectivity index (χ1n) is 9.76. The Bertz CT molecular complexity index is 1470. The molecule has 9 nitrogen and oxygen atoms in total. The molecule has 0 amide bonds. The molecule has 5 aromatic rings. The highest BCUT2D eigenvalue weighted by atomic mass is 19.4. The summed E-state index contributed by atoms with van der Waals surface area (Å²) in [6.45, 7) is 0.702. The van der Waals surface area contributed by atoms with E-state index in [1.807, 2.05) is 0 Å². The SMILES string of the molecule is COCCn1ccc(-c2cc(C(F)(F)C(F)(F)F)nc3c2ccc2nc(-c4nnco4)cn23)n1. The van der Waals surface area contributed by atoms with Gasteiger partial charge in [0.25, 0.3) is 5.89 Å². The molecule has 0 unspecified atom stereocenters. The van der Waals surface area contributed by atoms with E-state index in [0.29, 0.717) is 24.6 Å². The maximum Gasteiger partial charge on any atom is 0.459 e. The molecule has 0 aliphatic carbocycles. The van der Waals surface area contributed by atoms with Crippen LogP contribution in [0.25, 0.3) is 39.5 Å². The lowest BCUT2D eigenvalue weighted by Crippen LogP contribution is -2.34. The lowest BCUT2D eigenvalue weighted by atomic mass is 10.0. The maximum absolute atomic E-state index is 14.4. The molecule has 176 valence electrons. The number of imidazole rings is 1. The summed E-state index contributed by atoms with van der Waals surface area (Å²) in [5, 5.41) is 11.9. The second-order valence-electron chi connectivity index (χ2n) is 7.25. The molecular formula is C20H14F5N7O2. The predicted molar refractivity (Wildman–Crippen MR) is 107 cm³/mol. The van der Waals surface area contributed by atoms with Crippen LogP contribution in [0.3, 0.4) is 0 Å². The first-order valence-corrected chi connectivity index (χ1v) is 9.76. The van der Waals surface area contributed by atoms with Gasteiger partial charge in [0.05, 0.1) is 18.8 Å². The molecule has 14 heteroatoms. The van der Waals surface area contributed by atoms with Crippen molar-refractivity contribution < 1.29 is 31.1 Å². The fraction of sp³-hybridized carbons (Fsp3) is 0.250. The first-order chi connectivity index (χ1) is 16.2. The minimum Gasteiger partial charge on any atom is -0.422 e. The van der Waals surface area contributed by atoms with Gasteiger partial charge < -0.3 is 9.15 Å². The van der Waals surface area contributed by atoms with Gasteiger partial charge in [0, 0.05) is 30.5 Å². The van der Waals surface area contributed by atoms with Crippen molar-refractivity contribution in [3.63, 3.8) is 0 Å². The van der Waals surface area contributed by atoms with E-state index < -0.39 is 17.8 Å². The van der Waals surface area contributed by atoms with Crippen LogP contribution in [-0.2, 0) is 17.2 Å². The highest BCUT2D eigenvalue weighted by molar-refractivity contribution is 5.93. The van der Waals surface area contributed by atoms with Crippen LogP contribution in [0.5, 0.6) is 0 Å². The number of rotatable bonds is 6. The van der Waals surface area contributed by atoms with Crippen molar-refractivity contribution in [2.75, 3.05) is 13.7 Å². The van der Waals surface area contributed by atoms with Gasteiger partial charge in [-0.05, 0) is 24.3 Å². The van der Waals surface area contributed by atoms with E-state index in [-0.39, 0.29) is 34.1 Å². The van der Waals surface area contributed by atoms with Gasteiger partial charge in [-0.25, -0.2) is 9.97 Å². The molecule has 0 saturated carbocycles. The molecule has 5 rings (SSSR count). The van der Waals surface area contributed by atoms with E-state index in [2.05, 4.69) is 25.3 Å². The van der Waals surface area contributed by atoms with Crippen molar-refractivity contribution in [3.05, 3.63) is 48.7 Å². The number of methoxy groups -OCH3 is 1. The van der Waals surface area contributed by atoms with Gasteiger partial charge in [0.15, 0.2) is 0 Å². The lowest BCUT2D eigenvalue weighted by molar-refractivity contribution is -0.290. The van der Waals surface area contributed by atoms with Crippen molar-refractivity contribution >= 4 is 16.7 Å². The Labute approximate surface area is 186 Å². The lowest BCUT2D eigenvalue weighted by Gasteiger charge is -2.20. The number of nitrogens with zero attached hydrogens (tertiary/aromatic N) is 7. The Morgan fingerprint density at radius 1 is 1.06 bits per heavy atom. The summed E-state index contributed by atoms with van der Waals surface area (Å²) in [4.78, 5) is 7.98. The van der Waals surface area contributed by atoms with Gasteiger partial charge in [0.2, 0.25) is 6.39 Å². The summed E-state index contributed by atoms with van der Waals surface area (Å²) >= 11 is 0. The largest absolute Gasteiger partial charge is 0.459 e. The fourth-order valence-corrected chi connectivity index (χ4v) is 3.45. The van der Waals surface area contributed by atoms with Gasteiger partial charge >= 0.3 is 12.1 Å². The topological polar surface area (TPSA) is 96.2 Å². The molecule has 0 spiro atoms. The number of aromatic nitrogens is 7. The second kappa shape index (κ2) is 7.83. The van der Waals surface area contributed by atoms with Crippen LogP contribution < -0.4 is 0 Å². The zero-order valence-corrected chi connectivity index (χ0v) is 17.3. The molecule has 0 bridgehead atoms. The normalized spacial score (nSPS) is 12.8. The van der Waals surface area contributed by atoms with Crippen LogP contribution in [0, 0.1) is 0 Å². The quantitative estimate of drug-likeness (QED) is 0.339. The molecule has 0 fully saturated rings. The molecule has 5 aromatic heterocycles. The Kier molecular flexibility index (Phi) is 5.04. The van der Waals surface area contributed by atoms with Crippen LogP contribution in [0.15, 0.2) is 47.5 Å². The monoisotopic (exact) mass is 479 g/mol. The van der Waals surface area contributed by atoms with E-state index in [1.165, 1.54) is 34.5 Å². The van der Waals surface area contributed by atoms with Crippen molar-refractivity contribution in [2.24, 2.45) is 0 Å². The number of ether oxygens (including phenoxy) is 1. The van der Waals surface area contributed by atoms with Crippen LogP contribution in [-0.4, -0.2) is 54.2 Å². The van der Waals surface area contributed by atoms with Gasteiger partial charge in [-0.1, -0.05) is 0 Å². The highest BCUT2D eigenvalue weighted by Crippen LogP contribution is 2.45. The zero-order valence-electron chi connectivity index (χ0n) is 17.3. The number of hydrogen-bond acceptors (Lipinski definition) is 7. The molecule has 0 saturated heterocycles. The minimum absolute atomic E-state index is 0.0470. The number of alkyl halides is 5. The summed E-state index contributed by atoms with van der Waals surface area (Å²) < 4.78 is 81.4. The van der Waals surface area contributed by atoms with Crippen molar-refractivity contribution in [3.8, 4) is 22.8 Å². The standard InChI is InChI=1S/C20H14F5N7O2/c1-33-7-6-31-5-4-13(30-31)12-8-15(19(21,22)20(23,24)25)28-17-11(12)2-3-16-27-14(9-32(16)17)18-29-26-10-34-18/h2-5,8-10H,6-7H2,1H3. The van der Waals surface area contributed by atoms with E-state index in [4.69, 9.17) is 9.15 Å². The Hall–Kier alpha value is -3.94. The van der Waals surface area contributed by atoms with Crippen molar-refractivity contribution in [1.82, 2.24) is 34.3 Å². The fourth-order valence-electron chi connectivity index (χ4n) is 3.45. The van der Waals surface area contributed by atoms with E-state index >= 15 is 0 Å². The molecule has 0 aromatic carbocycles. The van der Waals surface area contributed by atoms with E-state index in [9.17, 15) is 22.0 Å². The molecular weight excluding hydrogens is 465 g/mol.